The first-order chi connectivity index (χ1) is 11.8. The van der Waals surface area contributed by atoms with Crippen LogP contribution in [0.4, 0.5) is 18.9 Å². The predicted molar refractivity (Wildman–Crippen MR) is 90.9 cm³/mol. The number of alkyl halides is 3. The van der Waals surface area contributed by atoms with E-state index in [9.17, 15) is 18.0 Å². The summed E-state index contributed by atoms with van der Waals surface area (Å²) in [6.45, 7) is 4.09. The van der Waals surface area contributed by atoms with Crippen LogP contribution in [-0.2, 0) is 4.79 Å². The largest absolute Gasteiger partial charge is 0.492 e. The molecule has 1 amide bonds. The highest BCUT2D eigenvalue weighted by molar-refractivity contribution is 5.88. The molecule has 0 radical (unpaired) electrons. The first kappa shape index (κ1) is 20.6. The summed E-state index contributed by atoms with van der Waals surface area (Å²) >= 11 is 0. The van der Waals surface area contributed by atoms with Gasteiger partial charge in [-0.2, -0.15) is 13.2 Å². The maximum Gasteiger partial charge on any atom is 0.390 e. The molecule has 0 heterocycles. The van der Waals surface area contributed by atoms with Gasteiger partial charge in [-0.15, -0.1) is 0 Å². The Balaban J connectivity index is 2.40. The number of anilines is 1. The van der Waals surface area contributed by atoms with Crippen molar-refractivity contribution in [1.29, 1.82) is 0 Å². The van der Waals surface area contributed by atoms with Crippen LogP contribution in [0.5, 0.6) is 5.75 Å². The molecule has 0 saturated carbocycles. The minimum absolute atomic E-state index is 0.177. The number of amides is 1. The molecule has 0 aliphatic heterocycles. The number of hydrogen-bond donors (Lipinski definition) is 3. The van der Waals surface area contributed by atoms with Gasteiger partial charge in [-0.25, -0.2) is 0 Å². The minimum Gasteiger partial charge on any atom is -0.492 e. The van der Waals surface area contributed by atoms with Gasteiger partial charge in [-0.3, -0.25) is 9.79 Å². The second-order valence-electron chi connectivity index (χ2n) is 5.11. The summed E-state index contributed by atoms with van der Waals surface area (Å²) in [4.78, 5) is 14.9. The Morgan fingerprint density at radius 3 is 2.68 bits per heavy atom. The summed E-state index contributed by atoms with van der Waals surface area (Å²) in [6.07, 6.45) is -5.18. The van der Waals surface area contributed by atoms with Crippen LogP contribution in [0.2, 0.25) is 0 Å². The van der Waals surface area contributed by atoms with Crippen molar-refractivity contribution >= 4 is 17.6 Å². The van der Waals surface area contributed by atoms with Crippen LogP contribution in [0.1, 0.15) is 20.3 Å². The number of guanidine groups is 1. The van der Waals surface area contributed by atoms with Gasteiger partial charge < -0.3 is 20.7 Å². The van der Waals surface area contributed by atoms with Gasteiger partial charge in [0.1, 0.15) is 12.4 Å². The Hall–Kier alpha value is -2.45. The van der Waals surface area contributed by atoms with E-state index in [0.717, 1.165) is 0 Å². The third-order valence-corrected chi connectivity index (χ3v) is 2.83. The highest BCUT2D eigenvalue weighted by atomic mass is 19.4. The van der Waals surface area contributed by atoms with Crippen LogP contribution in [0.3, 0.4) is 0 Å². The number of nitrogens with zero attached hydrogens (tertiary/aromatic N) is 1. The van der Waals surface area contributed by atoms with Gasteiger partial charge in [0.25, 0.3) is 0 Å². The van der Waals surface area contributed by atoms with Crippen molar-refractivity contribution in [2.24, 2.45) is 4.99 Å². The molecule has 6 nitrogen and oxygen atoms in total. The number of carbonyl (C=O) groups excluding carboxylic acids is 1. The van der Waals surface area contributed by atoms with E-state index < -0.39 is 12.6 Å². The average Bonchev–Trinajstić information content (AvgIpc) is 2.50. The van der Waals surface area contributed by atoms with Gasteiger partial charge in [0.2, 0.25) is 5.91 Å². The lowest BCUT2D eigenvalue weighted by atomic mass is 10.3. The monoisotopic (exact) mass is 360 g/mol. The molecule has 0 aliphatic carbocycles. The molecule has 1 aromatic rings. The van der Waals surface area contributed by atoms with Crippen LogP contribution < -0.4 is 20.7 Å². The van der Waals surface area contributed by atoms with Crippen molar-refractivity contribution in [3.8, 4) is 5.75 Å². The number of carbonyl (C=O) groups is 1. The second kappa shape index (κ2) is 10.4. The number of aliphatic imine (C=N–C) groups is 1. The molecule has 0 bridgehead atoms. The van der Waals surface area contributed by atoms with Gasteiger partial charge in [0, 0.05) is 25.2 Å². The van der Waals surface area contributed by atoms with Crippen molar-refractivity contribution in [2.75, 3.05) is 31.6 Å². The minimum atomic E-state index is -4.22. The quantitative estimate of drug-likeness (QED) is 0.378. The number of benzene rings is 1. The van der Waals surface area contributed by atoms with E-state index in [4.69, 9.17) is 4.74 Å². The molecular weight excluding hydrogens is 337 g/mol. The first-order valence-corrected chi connectivity index (χ1v) is 7.89. The molecular formula is C16H23F3N4O2. The topological polar surface area (TPSA) is 74.8 Å². The summed E-state index contributed by atoms with van der Waals surface area (Å²) in [7, 11) is 0. The molecule has 0 saturated heterocycles. The molecule has 0 unspecified atom stereocenters. The predicted octanol–water partition coefficient (Wildman–Crippen LogP) is 2.53. The molecule has 3 N–H and O–H groups in total. The molecule has 0 atom stereocenters. The zero-order chi connectivity index (χ0) is 18.7. The molecule has 1 rings (SSSR count). The Morgan fingerprint density at radius 2 is 2.04 bits per heavy atom. The van der Waals surface area contributed by atoms with Crippen molar-refractivity contribution in [3.63, 3.8) is 0 Å². The first-order valence-electron chi connectivity index (χ1n) is 7.89. The average molecular weight is 360 g/mol. The molecule has 0 aromatic heterocycles. The maximum absolute atomic E-state index is 12.1. The summed E-state index contributed by atoms with van der Waals surface area (Å²) in [6, 6.07) is 6.91. The normalized spacial score (nSPS) is 11.8. The highest BCUT2D eigenvalue weighted by Gasteiger charge is 2.26. The molecule has 9 heteroatoms. The van der Waals surface area contributed by atoms with E-state index in [1.807, 2.05) is 6.92 Å². The van der Waals surface area contributed by atoms with Crippen molar-refractivity contribution < 1.29 is 22.7 Å². The Morgan fingerprint density at radius 1 is 1.28 bits per heavy atom. The van der Waals surface area contributed by atoms with Crippen molar-refractivity contribution in [2.45, 2.75) is 26.4 Å². The van der Waals surface area contributed by atoms with E-state index in [2.05, 4.69) is 20.9 Å². The van der Waals surface area contributed by atoms with E-state index in [1.165, 1.54) is 6.92 Å². The summed E-state index contributed by atoms with van der Waals surface area (Å²) < 4.78 is 42.0. The van der Waals surface area contributed by atoms with Gasteiger partial charge >= 0.3 is 6.18 Å². The van der Waals surface area contributed by atoms with Crippen LogP contribution >= 0.6 is 0 Å². The lowest BCUT2D eigenvalue weighted by molar-refractivity contribution is -0.132. The zero-order valence-electron chi connectivity index (χ0n) is 14.2. The number of hydrogen-bond acceptors (Lipinski definition) is 3. The van der Waals surface area contributed by atoms with Gasteiger partial charge in [-0.05, 0) is 19.1 Å². The van der Waals surface area contributed by atoms with Gasteiger partial charge in [0.05, 0.1) is 19.5 Å². The van der Waals surface area contributed by atoms with E-state index in [1.54, 1.807) is 24.3 Å². The van der Waals surface area contributed by atoms with Crippen LogP contribution in [0.15, 0.2) is 29.3 Å². The highest BCUT2D eigenvalue weighted by Crippen LogP contribution is 2.19. The van der Waals surface area contributed by atoms with Crippen LogP contribution in [-0.4, -0.2) is 44.3 Å². The number of ether oxygens (including phenoxy) is 1. The Kier molecular flexibility index (Phi) is 8.59. The second-order valence-corrected chi connectivity index (χ2v) is 5.11. The fourth-order valence-corrected chi connectivity index (χ4v) is 1.84. The third-order valence-electron chi connectivity index (χ3n) is 2.83. The standard InChI is InChI=1S/C16H23F3N4O2/c1-3-20-15(21-8-7-16(17,18)19)22-9-10-25-14-6-4-5-13(11-14)23-12(2)24/h4-6,11H,3,7-10H2,1-2H3,(H,23,24)(H2,20,21,22). The molecule has 0 aliphatic rings. The van der Waals surface area contributed by atoms with Crippen LogP contribution in [0, 0.1) is 0 Å². The zero-order valence-corrected chi connectivity index (χ0v) is 14.2. The number of nitrogens with one attached hydrogen (secondary N) is 3. The Labute approximate surface area is 144 Å². The summed E-state index contributed by atoms with van der Waals surface area (Å²) in [5.41, 5.74) is 0.625. The fourth-order valence-electron chi connectivity index (χ4n) is 1.84. The molecule has 140 valence electrons. The lowest BCUT2D eigenvalue weighted by Gasteiger charge is -2.13. The SMILES string of the molecule is CCNC(=NCCC(F)(F)F)NCCOc1cccc(NC(C)=O)c1. The van der Waals surface area contributed by atoms with E-state index in [0.29, 0.717) is 30.5 Å². The number of halogens is 3. The third kappa shape index (κ3) is 10.1. The molecule has 1 aromatic carbocycles. The van der Waals surface area contributed by atoms with E-state index >= 15 is 0 Å². The smallest absolute Gasteiger partial charge is 0.390 e. The van der Waals surface area contributed by atoms with E-state index in [-0.39, 0.29) is 19.1 Å². The van der Waals surface area contributed by atoms with Crippen molar-refractivity contribution in [3.05, 3.63) is 24.3 Å². The van der Waals surface area contributed by atoms with Gasteiger partial charge in [-0.1, -0.05) is 6.07 Å². The summed E-state index contributed by atoms with van der Waals surface area (Å²) in [5.74, 6) is 0.707. The Bertz CT molecular complexity index is 577. The molecule has 0 fully saturated rings. The summed E-state index contributed by atoms with van der Waals surface area (Å²) in [5, 5.41) is 8.42. The lowest BCUT2D eigenvalue weighted by Crippen LogP contribution is -2.39. The maximum atomic E-state index is 12.1. The molecule has 0 spiro atoms. The van der Waals surface area contributed by atoms with Gasteiger partial charge in [0.15, 0.2) is 5.96 Å². The number of rotatable bonds is 8. The van der Waals surface area contributed by atoms with Crippen LogP contribution in [0.25, 0.3) is 0 Å². The van der Waals surface area contributed by atoms with Crippen molar-refractivity contribution in [1.82, 2.24) is 10.6 Å². The molecule has 25 heavy (non-hydrogen) atoms. The fraction of sp³-hybridized carbons (Fsp3) is 0.500.